The number of para-hydroxylation sites is 1. The van der Waals surface area contributed by atoms with Gasteiger partial charge < -0.3 is 15.1 Å². The third-order valence-corrected chi connectivity index (χ3v) is 8.46. The largest absolute Gasteiger partial charge is 0.392 e. The SMILES string of the molecule is CC[C@H]1C2C[C@H]3[C@@H]4N(C)c5ccccc5C45C[C@@H](C2C5O)N3[C@@H]1O. The molecule has 4 nitrogen and oxygen atoms in total. The molecule has 1 saturated carbocycles. The van der Waals surface area contributed by atoms with Gasteiger partial charge in [-0.1, -0.05) is 25.1 Å². The van der Waals surface area contributed by atoms with Crippen LogP contribution in [0, 0.1) is 17.8 Å². The summed E-state index contributed by atoms with van der Waals surface area (Å²) in [5.41, 5.74) is 2.51. The van der Waals surface area contributed by atoms with Crippen molar-refractivity contribution in [2.75, 3.05) is 11.9 Å². The molecule has 5 heterocycles. The smallest absolute Gasteiger partial charge is 0.111 e. The Bertz CT molecular complexity index is 723. The minimum absolute atomic E-state index is 0.126. The van der Waals surface area contributed by atoms with Crippen LogP contribution in [0.3, 0.4) is 0 Å². The number of hydrogen-bond acceptors (Lipinski definition) is 4. The van der Waals surface area contributed by atoms with Gasteiger partial charge in [0.15, 0.2) is 0 Å². The molecule has 5 fully saturated rings. The fraction of sp³-hybridized carbons (Fsp3) is 0.700. The van der Waals surface area contributed by atoms with E-state index in [0.29, 0.717) is 35.9 Å². The molecule has 5 unspecified atom stereocenters. The van der Waals surface area contributed by atoms with Crippen LogP contribution in [0.1, 0.15) is 31.7 Å². The lowest BCUT2D eigenvalue weighted by atomic mass is 9.62. The monoisotopic (exact) mass is 326 g/mol. The van der Waals surface area contributed by atoms with Gasteiger partial charge in [-0.3, -0.25) is 4.90 Å². The summed E-state index contributed by atoms with van der Waals surface area (Å²) in [6, 6.07) is 9.70. The Kier molecular flexibility index (Phi) is 2.45. The summed E-state index contributed by atoms with van der Waals surface area (Å²) in [7, 11) is 2.19. The molecule has 6 aliphatic rings. The molecule has 5 bridgehead atoms. The number of nitrogens with zero attached hydrogens (tertiary/aromatic N) is 2. The van der Waals surface area contributed by atoms with E-state index in [0.717, 1.165) is 19.3 Å². The van der Waals surface area contributed by atoms with Gasteiger partial charge in [0.2, 0.25) is 0 Å². The van der Waals surface area contributed by atoms with Gasteiger partial charge in [0.25, 0.3) is 0 Å². The molecular weight excluding hydrogens is 300 g/mol. The summed E-state index contributed by atoms with van der Waals surface area (Å²) in [5.74, 6) is 1.14. The predicted octanol–water partition coefficient (Wildman–Crippen LogP) is 1.55. The average Bonchev–Trinajstić information content (AvgIpc) is 2.97. The average molecular weight is 326 g/mol. The summed E-state index contributed by atoms with van der Waals surface area (Å²) >= 11 is 0. The molecular formula is C20H26N2O2. The third kappa shape index (κ3) is 1.20. The number of fused-ring (bicyclic) bond motifs is 2. The standard InChI is InChI=1S/C20H26N2O2/c1-3-10-11-8-14-17-20(12-6-4-5-7-13(12)21(17)2)9-15(16(11)18(20)23)22(14)19(10)24/h4-7,10-11,14-19,23-24H,3,8-9H2,1-2H3/t10-,11?,14-,15-,16?,17-,18?,19+,20?/m0/s1. The normalized spacial score (nSPS) is 55.8. The van der Waals surface area contributed by atoms with Crippen LogP contribution in [-0.4, -0.2) is 52.6 Å². The van der Waals surface area contributed by atoms with E-state index in [4.69, 9.17) is 0 Å². The number of piperidine rings is 4. The van der Waals surface area contributed by atoms with Crippen molar-refractivity contribution >= 4 is 5.69 Å². The van der Waals surface area contributed by atoms with E-state index in [9.17, 15) is 10.2 Å². The first-order valence-corrected chi connectivity index (χ1v) is 9.57. The second-order valence-corrected chi connectivity index (χ2v) is 8.81. The molecule has 0 amide bonds. The topological polar surface area (TPSA) is 46.9 Å². The van der Waals surface area contributed by atoms with E-state index >= 15 is 0 Å². The van der Waals surface area contributed by atoms with Crippen LogP contribution in [0.15, 0.2) is 24.3 Å². The van der Waals surface area contributed by atoms with E-state index in [-0.39, 0.29) is 17.7 Å². The van der Waals surface area contributed by atoms with Gasteiger partial charge in [0, 0.05) is 42.1 Å². The molecule has 10 atom stereocenters. The number of benzene rings is 1. The van der Waals surface area contributed by atoms with Crippen molar-refractivity contribution < 1.29 is 10.2 Å². The Morgan fingerprint density at radius 2 is 2.00 bits per heavy atom. The van der Waals surface area contributed by atoms with Crippen molar-refractivity contribution in [1.29, 1.82) is 0 Å². The van der Waals surface area contributed by atoms with Crippen molar-refractivity contribution in [3.05, 3.63) is 29.8 Å². The van der Waals surface area contributed by atoms with Crippen molar-refractivity contribution in [2.24, 2.45) is 17.8 Å². The molecule has 128 valence electrons. The lowest BCUT2D eigenvalue weighted by molar-refractivity contribution is -0.211. The first-order chi connectivity index (χ1) is 11.6. The number of anilines is 1. The molecule has 1 aromatic carbocycles. The maximum Gasteiger partial charge on any atom is 0.111 e. The van der Waals surface area contributed by atoms with E-state index in [1.807, 2.05) is 0 Å². The van der Waals surface area contributed by atoms with Crippen LogP contribution >= 0.6 is 0 Å². The molecule has 1 aromatic rings. The maximum absolute atomic E-state index is 11.6. The number of hydrogen-bond donors (Lipinski definition) is 2. The fourth-order valence-electron chi connectivity index (χ4n) is 7.88. The number of aliphatic hydroxyl groups excluding tert-OH is 2. The van der Waals surface area contributed by atoms with Crippen LogP contribution in [0.4, 0.5) is 5.69 Å². The molecule has 4 saturated heterocycles. The van der Waals surface area contributed by atoms with Gasteiger partial charge in [0.05, 0.1) is 12.1 Å². The number of rotatable bonds is 1. The van der Waals surface area contributed by atoms with Gasteiger partial charge >= 0.3 is 0 Å². The minimum atomic E-state index is -0.319. The van der Waals surface area contributed by atoms with Gasteiger partial charge in [-0.25, -0.2) is 0 Å². The van der Waals surface area contributed by atoms with Crippen LogP contribution < -0.4 is 4.90 Å². The molecule has 5 aliphatic heterocycles. The summed E-state index contributed by atoms with van der Waals surface area (Å²) in [5, 5.41) is 22.6. The number of likely N-dealkylation sites (N-methyl/N-ethyl adjacent to an activating group) is 1. The van der Waals surface area contributed by atoms with Crippen LogP contribution in [0.25, 0.3) is 0 Å². The molecule has 0 radical (unpaired) electrons. The Hall–Kier alpha value is -1.10. The molecule has 0 aromatic heterocycles. The molecule has 7 rings (SSSR count). The molecule has 24 heavy (non-hydrogen) atoms. The first kappa shape index (κ1) is 14.1. The zero-order chi connectivity index (χ0) is 16.4. The van der Waals surface area contributed by atoms with Crippen molar-refractivity contribution in [3.8, 4) is 0 Å². The lowest BCUT2D eigenvalue weighted by Crippen LogP contribution is -2.72. The zero-order valence-electron chi connectivity index (χ0n) is 14.3. The van der Waals surface area contributed by atoms with E-state index in [1.54, 1.807) is 0 Å². The first-order valence-electron chi connectivity index (χ1n) is 9.57. The van der Waals surface area contributed by atoms with E-state index < -0.39 is 0 Å². The van der Waals surface area contributed by atoms with Crippen LogP contribution in [0.2, 0.25) is 0 Å². The fourth-order valence-corrected chi connectivity index (χ4v) is 7.88. The van der Waals surface area contributed by atoms with Crippen LogP contribution in [0.5, 0.6) is 0 Å². The second-order valence-electron chi connectivity index (χ2n) is 8.81. The van der Waals surface area contributed by atoms with Gasteiger partial charge in [0.1, 0.15) is 6.23 Å². The van der Waals surface area contributed by atoms with Gasteiger partial charge in [-0.05, 0) is 36.8 Å². The third-order valence-electron chi connectivity index (χ3n) is 8.46. The van der Waals surface area contributed by atoms with Crippen molar-refractivity contribution in [1.82, 2.24) is 4.90 Å². The lowest BCUT2D eigenvalue weighted by Gasteiger charge is -2.62. The predicted molar refractivity (Wildman–Crippen MR) is 91.7 cm³/mol. The molecule has 4 heteroatoms. The zero-order valence-corrected chi connectivity index (χ0v) is 14.3. The Morgan fingerprint density at radius 3 is 2.79 bits per heavy atom. The summed E-state index contributed by atoms with van der Waals surface area (Å²) in [6.07, 6.45) is 2.56. The second kappa shape index (κ2) is 4.17. The maximum atomic E-state index is 11.6. The highest BCUT2D eigenvalue weighted by atomic mass is 16.3. The summed E-state index contributed by atoms with van der Waals surface area (Å²) < 4.78 is 0. The van der Waals surface area contributed by atoms with E-state index in [1.165, 1.54) is 11.3 Å². The Labute approximate surface area is 143 Å². The molecule has 1 aliphatic carbocycles. The Balaban J connectivity index is 1.60. The molecule has 2 N–H and O–H groups in total. The van der Waals surface area contributed by atoms with Crippen LogP contribution in [-0.2, 0) is 5.41 Å². The highest BCUT2D eigenvalue weighted by Gasteiger charge is 2.76. The summed E-state index contributed by atoms with van der Waals surface area (Å²) in [4.78, 5) is 4.83. The highest BCUT2D eigenvalue weighted by molar-refractivity contribution is 5.67. The number of aliphatic hydroxyl groups is 2. The highest BCUT2D eigenvalue weighted by Crippen LogP contribution is 2.68. The molecule has 1 spiro atoms. The minimum Gasteiger partial charge on any atom is -0.392 e. The van der Waals surface area contributed by atoms with E-state index in [2.05, 4.69) is 48.0 Å². The van der Waals surface area contributed by atoms with Gasteiger partial charge in [-0.15, -0.1) is 0 Å². The Morgan fingerprint density at radius 1 is 1.21 bits per heavy atom. The summed E-state index contributed by atoms with van der Waals surface area (Å²) in [6.45, 7) is 2.19. The van der Waals surface area contributed by atoms with Gasteiger partial charge in [-0.2, -0.15) is 0 Å². The van der Waals surface area contributed by atoms with Crippen molar-refractivity contribution in [3.63, 3.8) is 0 Å². The quantitative estimate of drug-likeness (QED) is 0.822. The van der Waals surface area contributed by atoms with Crippen molar-refractivity contribution in [2.45, 2.75) is 62.1 Å².